The van der Waals surface area contributed by atoms with Gasteiger partial charge in [-0.25, -0.2) is 22.0 Å². The predicted octanol–water partition coefficient (Wildman–Crippen LogP) is 2.46. The van der Waals surface area contributed by atoms with Gasteiger partial charge < -0.3 is 5.11 Å². The van der Waals surface area contributed by atoms with Gasteiger partial charge in [-0.2, -0.15) is 0 Å². The summed E-state index contributed by atoms with van der Waals surface area (Å²) in [5, 5.41) is 8.82. The lowest BCUT2D eigenvalue weighted by Gasteiger charge is -2.09. The third-order valence-electron chi connectivity index (χ3n) is 2.51. The quantitative estimate of drug-likeness (QED) is 0.908. The van der Waals surface area contributed by atoms with Crippen LogP contribution in [-0.2, 0) is 10.0 Å². The van der Waals surface area contributed by atoms with E-state index in [1.165, 1.54) is 18.2 Å². The number of halogens is 2. The van der Waals surface area contributed by atoms with Gasteiger partial charge >= 0.3 is 5.97 Å². The summed E-state index contributed by atoms with van der Waals surface area (Å²) < 4.78 is 52.1. The number of hydrogen-bond acceptors (Lipinski definition) is 3. The number of carboxylic acid groups (broad SMARTS) is 1. The van der Waals surface area contributed by atoms with Crippen molar-refractivity contribution in [3.63, 3.8) is 0 Å². The van der Waals surface area contributed by atoms with E-state index in [1.54, 1.807) is 0 Å². The van der Waals surface area contributed by atoms with Gasteiger partial charge in [0.15, 0.2) is 0 Å². The van der Waals surface area contributed by atoms with E-state index in [9.17, 15) is 22.0 Å². The standard InChI is InChI=1S/C13H9F2NO4S/c14-9-5-10(15)7-11(6-9)16-21(19,20)12-3-1-2-8(4-12)13(17)18/h1-7,16H,(H,17,18). The highest BCUT2D eigenvalue weighted by atomic mass is 32.2. The minimum atomic E-state index is -4.15. The molecule has 0 aromatic heterocycles. The Morgan fingerprint density at radius 2 is 1.67 bits per heavy atom. The molecule has 5 nitrogen and oxygen atoms in total. The fourth-order valence-corrected chi connectivity index (χ4v) is 2.71. The summed E-state index contributed by atoms with van der Waals surface area (Å²) in [5.74, 6) is -3.16. The van der Waals surface area contributed by atoms with Crippen molar-refractivity contribution in [2.45, 2.75) is 4.90 Å². The van der Waals surface area contributed by atoms with Gasteiger partial charge in [-0.15, -0.1) is 0 Å². The Bertz CT molecular complexity index is 785. The van der Waals surface area contributed by atoms with Crippen LogP contribution < -0.4 is 4.72 Å². The van der Waals surface area contributed by atoms with E-state index in [4.69, 9.17) is 5.11 Å². The second kappa shape index (κ2) is 5.49. The highest BCUT2D eigenvalue weighted by Gasteiger charge is 2.17. The average Bonchev–Trinajstić information content (AvgIpc) is 2.37. The molecule has 0 fully saturated rings. The van der Waals surface area contributed by atoms with Crippen LogP contribution in [0.5, 0.6) is 0 Å². The molecule has 0 amide bonds. The second-order valence-corrected chi connectivity index (χ2v) is 5.78. The van der Waals surface area contributed by atoms with E-state index in [0.29, 0.717) is 6.07 Å². The van der Waals surface area contributed by atoms with E-state index in [0.717, 1.165) is 18.2 Å². The Hall–Kier alpha value is -2.48. The highest BCUT2D eigenvalue weighted by molar-refractivity contribution is 7.92. The average molecular weight is 313 g/mol. The SMILES string of the molecule is O=C(O)c1cccc(S(=O)(=O)Nc2cc(F)cc(F)c2)c1. The molecule has 2 rings (SSSR count). The summed E-state index contributed by atoms with van der Waals surface area (Å²) in [5.41, 5.74) is -0.517. The zero-order valence-electron chi connectivity index (χ0n) is 10.4. The van der Waals surface area contributed by atoms with Crippen molar-refractivity contribution in [1.82, 2.24) is 0 Å². The number of carbonyl (C=O) groups is 1. The van der Waals surface area contributed by atoms with E-state index in [2.05, 4.69) is 0 Å². The number of carboxylic acids is 1. The van der Waals surface area contributed by atoms with Crippen LogP contribution in [0.1, 0.15) is 10.4 Å². The fourth-order valence-electron chi connectivity index (χ4n) is 1.62. The van der Waals surface area contributed by atoms with Gasteiger partial charge in [0, 0.05) is 6.07 Å². The summed E-state index contributed by atoms with van der Waals surface area (Å²) >= 11 is 0. The van der Waals surface area contributed by atoms with E-state index < -0.39 is 27.6 Å². The minimum Gasteiger partial charge on any atom is -0.478 e. The van der Waals surface area contributed by atoms with Crippen molar-refractivity contribution in [3.8, 4) is 0 Å². The van der Waals surface area contributed by atoms with Crippen molar-refractivity contribution < 1.29 is 27.1 Å². The van der Waals surface area contributed by atoms with Crippen LogP contribution >= 0.6 is 0 Å². The molecule has 2 N–H and O–H groups in total. The maximum Gasteiger partial charge on any atom is 0.335 e. The molecule has 2 aromatic rings. The van der Waals surface area contributed by atoms with Crippen LogP contribution in [-0.4, -0.2) is 19.5 Å². The number of sulfonamides is 1. The summed E-state index contributed by atoms with van der Waals surface area (Å²) in [6, 6.07) is 6.81. The number of aromatic carboxylic acids is 1. The zero-order chi connectivity index (χ0) is 15.6. The van der Waals surface area contributed by atoms with Gasteiger partial charge in [-0.05, 0) is 30.3 Å². The van der Waals surface area contributed by atoms with E-state index in [-0.39, 0.29) is 16.1 Å². The number of hydrogen-bond donors (Lipinski definition) is 2. The van der Waals surface area contributed by atoms with Gasteiger partial charge in [0.05, 0.1) is 16.1 Å². The van der Waals surface area contributed by atoms with Gasteiger partial charge in [0.2, 0.25) is 0 Å². The number of nitrogens with one attached hydrogen (secondary N) is 1. The maximum atomic E-state index is 13.0. The Labute approximate surface area is 118 Å². The van der Waals surface area contributed by atoms with Gasteiger partial charge in [0.1, 0.15) is 11.6 Å². The molecular weight excluding hydrogens is 304 g/mol. The fraction of sp³-hybridized carbons (Fsp3) is 0. The smallest absolute Gasteiger partial charge is 0.335 e. The first kappa shape index (κ1) is 14.9. The molecule has 0 saturated carbocycles. The van der Waals surface area contributed by atoms with Crippen molar-refractivity contribution in [2.75, 3.05) is 4.72 Å². The van der Waals surface area contributed by atoms with E-state index >= 15 is 0 Å². The lowest BCUT2D eigenvalue weighted by atomic mass is 10.2. The normalized spacial score (nSPS) is 11.1. The number of rotatable bonds is 4. The monoisotopic (exact) mass is 313 g/mol. The molecule has 0 heterocycles. The Morgan fingerprint density at radius 1 is 1.05 bits per heavy atom. The van der Waals surface area contributed by atoms with Gasteiger partial charge in [-0.3, -0.25) is 4.72 Å². The van der Waals surface area contributed by atoms with Crippen molar-refractivity contribution in [3.05, 3.63) is 59.7 Å². The van der Waals surface area contributed by atoms with Crippen molar-refractivity contribution in [2.24, 2.45) is 0 Å². The topological polar surface area (TPSA) is 83.5 Å². The number of anilines is 1. The highest BCUT2D eigenvalue weighted by Crippen LogP contribution is 2.19. The van der Waals surface area contributed by atoms with Gasteiger partial charge in [0.25, 0.3) is 10.0 Å². The lowest BCUT2D eigenvalue weighted by molar-refractivity contribution is 0.0696. The molecule has 0 aliphatic rings. The molecule has 0 aliphatic carbocycles. The van der Waals surface area contributed by atoms with Crippen LogP contribution in [0.15, 0.2) is 47.4 Å². The Morgan fingerprint density at radius 3 is 2.24 bits per heavy atom. The predicted molar refractivity (Wildman–Crippen MR) is 70.6 cm³/mol. The van der Waals surface area contributed by atoms with Crippen LogP contribution in [0.2, 0.25) is 0 Å². The Kier molecular flexibility index (Phi) is 3.90. The van der Waals surface area contributed by atoms with Crippen molar-refractivity contribution in [1.29, 1.82) is 0 Å². The van der Waals surface area contributed by atoms with Crippen LogP contribution in [0.3, 0.4) is 0 Å². The Balaban J connectivity index is 2.38. The molecule has 21 heavy (non-hydrogen) atoms. The first-order valence-electron chi connectivity index (χ1n) is 5.60. The van der Waals surface area contributed by atoms with Crippen molar-refractivity contribution >= 4 is 21.7 Å². The lowest BCUT2D eigenvalue weighted by Crippen LogP contribution is -2.14. The maximum absolute atomic E-state index is 13.0. The first-order chi connectivity index (χ1) is 9.78. The third kappa shape index (κ3) is 3.54. The summed E-state index contributed by atoms with van der Waals surface area (Å²) in [6.45, 7) is 0. The molecule has 0 atom stereocenters. The molecule has 0 saturated heterocycles. The zero-order valence-corrected chi connectivity index (χ0v) is 11.2. The molecule has 8 heteroatoms. The summed E-state index contributed by atoms with van der Waals surface area (Å²) in [4.78, 5) is 10.5. The minimum absolute atomic E-state index is 0.219. The molecule has 0 bridgehead atoms. The molecule has 0 radical (unpaired) electrons. The largest absolute Gasteiger partial charge is 0.478 e. The van der Waals surface area contributed by atoms with Crippen LogP contribution in [0.4, 0.5) is 14.5 Å². The molecular formula is C13H9F2NO4S. The molecule has 0 unspecified atom stereocenters. The first-order valence-corrected chi connectivity index (χ1v) is 7.08. The van der Waals surface area contributed by atoms with Crippen LogP contribution in [0.25, 0.3) is 0 Å². The molecule has 0 aliphatic heterocycles. The summed E-state index contributed by atoms with van der Waals surface area (Å²) in [6.07, 6.45) is 0. The molecule has 2 aromatic carbocycles. The van der Waals surface area contributed by atoms with E-state index in [1.807, 2.05) is 4.72 Å². The van der Waals surface area contributed by atoms with Crippen LogP contribution in [0, 0.1) is 11.6 Å². The second-order valence-electron chi connectivity index (χ2n) is 4.10. The number of benzene rings is 2. The van der Waals surface area contributed by atoms with Gasteiger partial charge in [-0.1, -0.05) is 6.07 Å². The molecule has 0 spiro atoms. The molecule has 110 valence electrons. The summed E-state index contributed by atoms with van der Waals surface area (Å²) in [7, 11) is -4.15. The third-order valence-corrected chi connectivity index (χ3v) is 3.89.